The molecule has 0 amide bonds. The van der Waals surface area contributed by atoms with Crippen LogP contribution in [0, 0.1) is 12.7 Å². The highest BCUT2D eigenvalue weighted by molar-refractivity contribution is 9.11. The van der Waals surface area contributed by atoms with Crippen LogP contribution < -0.4 is 5.32 Å². The molecule has 0 aliphatic rings. The number of benzene rings is 1. The second-order valence-electron chi connectivity index (χ2n) is 4.90. The number of aryl methyl sites for hydroxylation is 1. The Balaban J connectivity index is 2.21. The lowest BCUT2D eigenvalue weighted by Gasteiger charge is -2.19. The van der Waals surface area contributed by atoms with Crippen LogP contribution in [0.2, 0.25) is 0 Å². The van der Waals surface area contributed by atoms with E-state index in [0.29, 0.717) is 0 Å². The number of rotatable bonds is 6. The molecule has 0 fully saturated rings. The summed E-state index contributed by atoms with van der Waals surface area (Å²) in [6.45, 7) is 5.26. The van der Waals surface area contributed by atoms with Gasteiger partial charge in [0.25, 0.3) is 0 Å². The van der Waals surface area contributed by atoms with Crippen LogP contribution in [0.3, 0.4) is 0 Å². The normalized spacial score (nSPS) is 12.6. The summed E-state index contributed by atoms with van der Waals surface area (Å²) < 4.78 is 14.5. The van der Waals surface area contributed by atoms with Gasteiger partial charge in [0, 0.05) is 10.9 Å². The van der Waals surface area contributed by atoms with Gasteiger partial charge in [-0.15, -0.1) is 11.3 Å². The third-order valence-electron chi connectivity index (χ3n) is 3.27. The molecule has 1 aromatic heterocycles. The van der Waals surface area contributed by atoms with Crippen molar-refractivity contribution in [1.82, 2.24) is 5.32 Å². The molecule has 2 rings (SSSR count). The molecule has 1 atom stereocenters. The van der Waals surface area contributed by atoms with E-state index in [4.69, 9.17) is 0 Å². The molecule has 0 bridgehead atoms. The van der Waals surface area contributed by atoms with E-state index >= 15 is 0 Å². The van der Waals surface area contributed by atoms with E-state index in [1.807, 2.05) is 6.07 Å². The van der Waals surface area contributed by atoms with Crippen molar-refractivity contribution in [3.63, 3.8) is 0 Å². The van der Waals surface area contributed by atoms with E-state index in [0.717, 1.165) is 28.7 Å². The maximum Gasteiger partial charge on any atom is 0.123 e. The average Bonchev–Trinajstić information content (AvgIpc) is 2.73. The Morgan fingerprint density at radius 3 is 2.75 bits per heavy atom. The van der Waals surface area contributed by atoms with Crippen LogP contribution in [0.1, 0.15) is 35.4 Å². The fourth-order valence-electron chi connectivity index (χ4n) is 2.31. The number of hydrogen-bond acceptors (Lipinski definition) is 2. The van der Waals surface area contributed by atoms with E-state index < -0.39 is 0 Å². The molecule has 2 aromatic rings. The molecule has 0 spiro atoms. The Morgan fingerprint density at radius 2 is 2.15 bits per heavy atom. The van der Waals surface area contributed by atoms with E-state index in [9.17, 15) is 4.39 Å². The first kappa shape index (κ1) is 15.7. The highest BCUT2D eigenvalue weighted by Gasteiger charge is 2.16. The molecular formula is C16H19BrFNS. The van der Waals surface area contributed by atoms with Crippen LogP contribution in [0.5, 0.6) is 0 Å². The van der Waals surface area contributed by atoms with E-state index in [2.05, 4.69) is 41.2 Å². The fraction of sp³-hybridized carbons (Fsp3) is 0.375. The zero-order valence-electron chi connectivity index (χ0n) is 11.7. The Bertz CT molecular complexity index is 567. The van der Waals surface area contributed by atoms with Gasteiger partial charge in [0.15, 0.2) is 0 Å². The largest absolute Gasteiger partial charge is 0.310 e. The van der Waals surface area contributed by atoms with Gasteiger partial charge in [-0.3, -0.25) is 0 Å². The number of thiophene rings is 1. The first-order valence-corrected chi connectivity index (χ1v) is 8.44. The second kappa shape index (κ2) is 7.34. The van der Waals surface area contributed by atoms with E-state index in [-0.39, 0.29) is 11.9 Å². The second-order valence-corrected chi connectivity index (χ2v) is 7.54. The molecule has 0 radical (unpaired) electrons. The van der Waals surface area contributed by atoms with Crippen molar-refractivity contribution >= 4 is 27.3 Å². The summed E-state index contributed by atoms with van der Waals surface area (Å²) in [6, 6.07) is 9.28. The van der Waals surface area contributed by atoms with Gasteiger partial charge in [-0.25, -0.2) is 4.39 Å². The molecule has 20 heavy (non-hydrogen) atoms. The quantitative estimate of drug-likeness (QED) is 0.746. The third-order valence-corrected chi connectivity index (χ3v) is 4.84. The molecule has 0 saturated carbocycles. The van der Waals surface area contributed by atoms with Crippen molar-refractivity contribution in [3.05, 3.63) is 55.9 Å². The van der Waals surface area contributed by atoms with Gasteiger partial charge < -0.3 is 5.32 Å². The summed E-state index contributed by atoms with van der Waals surface area (Å²) in [7, 11) is 0. The molecule has 1 nitrogen and oxygen atoms in total. The Labute approximate surface area is 132 Å². The van der Waals surface area contributed by atoms with Crippen molar-refractivity contribution in [2.45, 2.75) is 32.7 Å². The first-order valence-electron chi connectivity index (χ1n) is 6.83. The molecule has 4 heteroatoms. The maximum absolute atomic E-state index is 13.3. The minimum Gasteiger partial charge on any atom is -0.310 e. The third kappa shape index (κ3) is 4.14. The van der Waals surface area contributed by atoms with Gasteiger partial charge in [0.1, 0.15) is 5.82 Å². The summed E-state index contributed by atoms with van der Waals surface area (Å²) in [5, 5.41) is 3.57. The summed E-state index contributed by atoms with van der Waals surface area (Å²) in [5.74, 6) is -0.167. The molecule has 1 unspecified atom stereocenters. The smallest absolute Gasteiger partial charge is 0.123 e. The predicted octanol–water partition coefficient (Wildman–Crippen LogP) is 5.24. The summed E-state index contributed by atoms with van der Waals surface area (Å²) in [5.41, 5.74) is 2.33. The molecule has 108 valence electrons. The van der Waals surface area contributed by atoms with E-state index in [1.165, 1.54) is 16.5 Å². The zero-order valence-corrected chi connectivity index (χ0v) is 14.2. The Hall–Kier alpha value is -0.710. The monoisotopic (exact) mass is 355 g/mol. The first-order chi connectivity index (χ1) is 9.60. The lowest BCUT2D eigenvalue weighted by atomic mass is 9.99. The summed E-state index contributed by atoms with van der Waals surface area (Å²) in [4.78, 5) is 1.31. The molecule has 0 aliphatic heterocycles. The van der Waals surface area contributed by atoms with Crippen molar-refractivity contribution in [1.29, 1.82) is 0 Å². The van der Waals surface area contributed by atoms with Gasteiger partial charge in [0.05, 0.1) is 3.79 Å². The van der Waals surface area contributed by atoms with Crippen LogP contribution in [-0.2, 0) is 6.42 Å². The van der Waals surface area contributed by atoms with Crippen molar-refractivity contribution in [3.8, 4) is 0 Å². The molecule has 0 aliphatic carbocycles. The SMILES string of the molecule is CCCNC(Cc1cccc(F)c1)c1cc(Br)sc1C. The van der Waals surface area contributed by atoms with Crippen molar-refractivity contribution in [2.75, 3.05) is 6.54 Å². The van der Waals surface area contributed by atoms with Gasteiger partial charge in [-0.1, -0.05) is 19.1 Å². The Kier molecular flexibility index (Phi) is 5.75. The topological polar surface area (TPSA) is 12.0 Å². The van der Waals surface area contributed by atoms with Crippen LogP contribution in [0.4, 0.5) is 4.39 Å². The number of nitrogens with one attached hydrogen (secondary N) is 1. The lowest BCUT2D eigenvalue weighted by molar-refractivity contribution is 0.526. The molecule has 0 saturated heterocycles. The van der Waals surface area contributed by atoms with Gasteiger partial charge in [0.2, 0.25) is 0 Å². The van der Waals surface area contributed by atoms with Crippen LogP contribution >= 0.6 is 27.3 Å². The standard InChI is InChI=1S/C16H19BrFNS/c1-3-7-19-15(14-10-16(17)20-11(14)2)9-12-5-4-6-13(18)8-12/h4-6,8,10,15,19H,3,7,9H2,1-2H3. The highest BCUT2D eigenvalue weighted by atomic mass is 79.9. The van der Waals surface area contributed by atoms with Crippen molar-refractivity contribution in [2.24, 2.45) is 0 Å². The van der Waals surface area contributed by atoms with Gasteiger partial charge in [-0.2, -0.15) is 0 Å². The molecule has 1 N–H and O–H groups in total. The fourth-order valence-corrected chi connectivity index (χ4v) is 4.09. The average molecular weight is 356 g/mol. The van der Waals surface area contributed by atoms with Gasteiger partial charge in [-0.05, 0) is 71.6 Å². The van der Waals surface area contributed by atoms with Gasteiger partial charge >= 0.3 is 0 Å². The maximum atomic E-state index is 13.3. The molecular weight excluding hydrogens is 337 g/mol. The van der Waals surface area contributed by atoms with Crippen LogP contribution in [0.25, 0.3) is 0 Å². The number of halogens is 2. The van der Waals surface area contributed by atoms with Crippen LogP contribution in [0.15, 0.2) is 34.1 Å². The highest BCUT2D eigenvalue weighted by Crippen LogP contribution is 2.32. The van der Waals surface area contributed by atoms with Crippen LogP contribution in [-0.4, -0.2) is 6.54 Å². The zero-order chi connectivity index (χ0) is 14.5. The van der Waals surface area contributed by atoms with E-state index in [1.54, 1.807) is 23.5 Å². The minimum atomic E-state index is -0.167. The predicted molar refractivity (Wildman–Crippen MR) is 87.9 cm³/mol. The molecule has 1 heterocycles. The van der Waals surface area contributed by atoms with Crippen molar-refractivity contribution < 1.29 is 4.39 Å². The summed E-state index contributed by atoms with van der Waals surface area (Å²) in [6.07, 6.45) is 1.89. The minimum absolute atomic E-state index is 0.167. The molecule has 1 aromatic carbocycles. The number of hydrogen-bond donors (Lipinski definition) is 1. The lowest BCUT2D eigenvalue weighted by Crippen LogP contribution is -2.24. The Morgan fingerprint density at radius 1 is 1.35 bits per heavy atom. The summed E-state index contributed by atoms with van der Waals surface area (Å²) >= 11 is 5.29.